The van der Waals surface area contributed by atoms with E-state index in [1.165, 1.54) is 36.4 Å². The normalized spacial score (nSPS) is 10.9. The van der Waals surface area contributed by atoms with Gasteiger partial charge in [-0.25, -0.2) is 17.9 Å². The molecule has 0 heterocycles. The molecule has 0 aromatic heterocycles. The van der Waals surface area contributed by atoms with E-state index in [2.05, 4.69) is 0 Å². The van der Waals surface area contributed by atoms with Crippen molar-refractivity contribution in [2.75, 3.05) is 0 Å². The summed E-state index contributed by atoms with van der Waals surface area (Å²) in [7, 11) is -4.05. The summed E-state index contributed by atoms with van der Waals surface area (Å²) in [6.45, 7) is 0. The number of amides is 1. The molecule has 0 fully saturated rings. The number of para-hydroxylation sites is 1. The molecule has 8 heteroatoms. The van der Waals surface area contributed by atoms with E-state index in [1.54, 1.807) is 24.3 Å². The van der Waals surface area contributed by atoms with Crippen molar-refractivity contribution < 1.29 is 22.7 Å². The summed E-state index contributed by atoms with van der Waals surface area (Å²) >= 11 is 5.72. The van der Waals surface area contributed by atoms with Crippen LogP contribution in [0.2, 0.25) is 5.02 Å². The van der Waals surface area contributed by atoms with Crippen LogP contribution in [-0.2, 0) is 10.0 Å². The minimum atomic E-state index is -4.05. The van der Waals surface area contributed by atoms with Gasteiger partial charge in [-0.15, -0.1) is 0 Å². The van der Waals surface area contributed by atoms with E-state index in [0.717, 1.165) is 0 Å². The molecule has 1 N–H and O–H groups in total. The molecule has 138 valence electrons. The number of carbonyl (C=O) groups excluding carboxylic acids is 1. The van der Waals surface area contributed by atoms with Gasteiger partial charge in [-0.1, -0.05) is 29.8 Å². The molecule has 0 radical (unpaired) electrons. The largest absolute Gasteiger partial charge is 0.457 e. The van der Waals surface area contributed by atoms with Crippen molar-refractivity contribution in [2.45, 2.75) is 4.90 Å². The maximum Gasteiger partial charge on any atom is 0.426 e. The Balaban J connectivity index is 1.61. The quantitative estimate of drug-likeness (QED) is 0.672. The summed E-state index contributed by atoms with van der Waals surface area (Å²) in [4.78, 5) is 11.8. The Morgan fingerprint density at radius 3 is 1.96 bits per heavy atom. The SMILES string of the molecule is O=C(NS(=O)(=O)c1ccc(Cl)cc1)Oc1ccc(Oc2ccccc2)cc1. The zero-order valence-corrected chi connectivity index (χ0v) is 15.4. The predicted molar refractivity (Wildman–Crippen MR) is 101 cm³/mol. The number of sulfonamides is 1. The molecule has 0 aliphatic heterocycles. The monoisotopic (exact) mass is 403 g/mol. The fourth-order valence-corrected chi connectivity index (χ4v) is 3.11. The number of nitrogens with one attached hydrogen (secondary N) is 1. The van der Waals surface area contributed by atoms with Crippen LogP contribution in [0.5, 0.6) is 17.2 Å². The first-order chi connectivity index (χ1) is 12.9. The summed E-state index contributed by atoms with van der Waals surface area (Å²) in [6, 6.07) is 20.8. The van der Waals surface area contributed by atoms with Gasteiger partial charge in [0.05, 0.1) is 4.90 Å². The lowest BCUT2D eigenvalue weighted by Gasteiger charge is -2.09. The highest BCUT2D eigenvalue weighted by molar-refractivity contribution is 7.90. The van der Waals surface area contributed by atoms with Crippen LogP contribution < -0.4 is 14.2 Å². The van der Waals surface area contributed by atoms with Gasteiger partial charge in [0.1, 0.15) is 17.2 Å². The fourth-order valence-electron chi connectivity index (χ4n) is 2.11. The first kappa shape index (κ1) is 18.8. The molecule has 0 unspecified atom stereocenters. The Morgan fingerprint density at radius 1 is 0.778 bits per heavy atom. The van der Waals surface area contributed by atoms with E-state index in [1.807, 2.05) is 22.9 Å². The van der Waals surface area contributed by atoms with Crippen molar-refractivity contribution in [1.29, 1.82) is 0 Å². The average molecular weight is 404 g/mol. The molecule has 0 aliphatic carbocycles. The van der Waals surface area contributed by atoms with Crippen molar-refractivity contribution in [2.24, 2.45) is 0 Å². The lowest BCUT2D eigenvalue weighted by molar-refractivity contribution is 0.206. The number of rotatable bonds is 5. The average Bonchev–Trinajstić information content (AvgIpc) is 2.64. The molecule has 0 spiro atoms. The lowest BCUT2D eigenvalue weighted by atomic mass is 10.3. The third-order valence-corrected chi connectivity index (χ3v) is 4.93. The molecule has 3 aromatic rings. The van der Waals surface area contributed by atoms with E-state index >= 15 is 0 Å². The molecular formula is C19H14ClNO5S. The van der Waals surface area contributed by atoms with E-state index in [9.17, 15) is 13.2 Å². The number of ether oxygens (including phenoxy) is 2. The van der Waals surface area contributed by atoms with Gasteiger partial charge in [0.2, 0.25) is 0 Å². The molecule has 3 aromatic carbocycles. The molecular weight excluding hydrogens is 390 g/mol. The number of carbonyl (C=O) groups is 1. The molecule has 0 saturated heterocycles. The van der Waals surface area contributed by atoms with Crippen molar-refractivity contribution in [3.05, 3.63) is 83.9 Å². The van der Waals surface area contributed by atoms with Gasteiger partial charge in [-0.05, 0) is 60.7 Å². The second-order valence-corrected chi connectivity index (χ2v) is 7.45. The number of halogens is 1. The van der Waals surface area contributed by atoms with Gasteiger partial charge in [0, 0.05) is 5.02 Å². The summed E-state index contributed by atoms with van der Waals surface area (Å²) < 4.78 is 36.7. The van der Waals surface area contributed by atoms with Crippen LogP contribution >= 0.6 is 11.6 Å². The van der Waals surface area contributed by atoms with Gasteiger partial charge >= 0.3 is 6.09 Å². The topological polar surface area (TPSA) is 81.7 Å². The smallest absolute Gasteiger partial charge is 0.426 e. The van der Waals surface area contributed by atoms with Crippen molar-refractivity contribution in [1.82, 2.24) is 4.72 Å². The highest BCUT2D eigenvalue weighted by Gasteiger charge is 2.19. The van der Waals surface area contributed by atoms with Gasteiger partial charge < -0.3 is 9.47 Å². The van der Waals surface area contributed by atoms with Crippen LogP contribution in [0, 0.1) is 0 Å². The van der Waals surface area contributed by atoms with E-state index in [0.29, 0.717) is 16.5 Å². The van der Waals surface area contributed by atoms with Crippen LogP contribution in [0.25, 0.3) is 0 Å². The van der Waals surface area contributed by atoms with Crippen LogP contribution in [0.4, 0.5) is 4.79 Å². The Morgan fingerprint density at radius 2 is 1.33 bits per heavy atom. The second-order valence-electron chi connectivity index (χ2n) is 5.34. The molecule has 6 nitrogen and oxygen atoms in total. The zero-order chi connectivity index (χ0) is 19.3. The minimum absolute atomic E-state index is 0.101. The molecule has 3 rings (SSSR count). The van der Waals surface area contributed by atoms with Crippen LogP contribution in [0.15, 0.2) is 83.8 Å². The lowest BCUT2D eigenvalue weighted by Crippen LogP contribution is -2.33. The van der Waals surface area contributed by atoms with E-state index < -0.39 is 16.1 Å². The summed E-state index contributed by atoms with van der Waals surface area (Å²) in [6.07, 6.45) is -1.12. The first-order valence-electron chi connectivity index (χ1n) is 7.75. The fraction of sp³-hybridized carbons (Fsp3) is 0. The number of hydrogen-bond donors (Lipinski definition) is 1. The van der Waals surface area contributed by atoms with E-state index in [-0.39, 0.29) is 10.6 Å². The third kappa shape index (κ3) is 5.22. The highest BCUT2D eigenvalue weighted by atomic mass is 35.5. The Hall–Kier alpha value is -3.03. The van der Waals surface area contributed by atoms with Gasteiger partial charge in [0.25, 0.3) is 10.0 Å². The van der Waals surface area contributed by atoms with Crippen molar-refractivity contribution >= 4 is 27.7 Å². The second kappa shape index (κ2) is 8.11. The maximum atomic E-state index is 12.1. The first-order valence-corrected chi connectivity index (χ1v) is 9.62. The molecule has 0 bridgehead atoms. The third-order valence-electron chi connectivity index (χ3n) is 3.35. The van der Waals surface area contributed by atoms with Gasteiger partial charge in [0.15, 0.2) is 0 Å². The molecule has 0 atom stereocenters. The van der Waals surface area contributed by atoms with E-state index in [4.69, 9.17) is 21.1 Å². The van der Waals surface area contributed by atoms with Crippen LogP contribution in [0.3, 0.4) is 0 Å². The molecule has 0 aliphatic rings. The molecule has 0 saturated carbocycles. The highest BCUT2D eigenvalue weighted by Crippen LogP contribution is 2.23. The molecule has 27 heavy (non-hydrogen) atoms. The number of hydrogen-bond acceptors (Lipinski definition) is 5. The number of benzene rings is 3. The van der Waals surface area contributed by atoms with Gasteiger partial charge in [-0.3, -0.25) is 0 Å². The summed E-state index contributed by atoms with van der Waals surface area (Å²) in [5, 5.41) is 0.384. The van der Waals surface area contributed by atoms with Crippen LogP contribution in [0.1, 0.15) is 0 Å². The Labute approximate surface area is 161 Å². The minimum Gasteiger partial charge on any atom is -0.457 e. The van der Waals surface area contributed by atoms with Crippen molar-refractivity contribution in [3.63, 3.8) is 0 Å². The standard InChI is InChI=1S/C19H14ClNO5S/c20-14-6-12-18(13-7-14)27(23,24)21-19(22)26-17-10-8-16(9-11-17)25-15-4-2-1-3-5-15/h1-13H,(H,21,22). The van der Waals surface area contributed by atoms with Crippen molar-refractivity contribution in [3.8, 4) is 17.2 Å². The maximum absolute atomic E-state index is 12.1. The predicted octanol–water partition coefficient (Wildman–Crippen LogP) is 4.61. The van der Waals surface area contributed by atoms with Crippen LogP contribution in [-0.4, -0.2) is 14.5 Å². The summed E-state index contributed by atoms with van der Waals surface area (Å²) in [5.41, 5.74) is 0. The summed E-state index contributed by atoms with van der Waals surface area (Å²) in [5.74, 6) is 1.37. The van der Waals surface area contributed by atoms with Gasteiger partial charge in [-0.2, -0.15) is 0 Å². The Bertz CT molecular complexity index is 1020. The molecule has 1 amide bonds. The Kier molecular flexibility index (Phi) is 5.63. The zero-order valence-electron chi connectivity index (χ0n) is 13.8.